The monoisotopic (exact) mass is 443 g/mol. The van der Waals surface area contributed by atoms with Crippen molar-refractivity contribution in [3.63, 3.8) is 0 Å². The molecule has 1 unspecified atom stereocenters. The summed E-state index contributed by atoms with van der Waals surface area (Å²) in [6.45, 7) is 0.520. The molecule has 0 fully saturated rings. The fourth-order valence-corrected chi connectivity index (χ4v) is 4.09. The molecular formula is C26H25N3O2S. The zero-order valence-corrected chi connectivity index (χ0v) is 18.5. The van der Waals surface area contributed by atoms with Gasteiger partial charge in [0.1, 0.15) is 0 Å². The average Bonchev–Trinajstić information content (AvgIpc) is 2.84. The van der Waals surface area contributed by atoms with E-state index >= 15 is 0 Å². The van der Waals surface area contributed by atoms with E-state index in [4.69, 9.17) is 5.26 Å². The zero-order chi connectivity index (χ0) is 22.6. The van der Waals surface area contributed by atoms with Crippen LogP contribution in [0.4, 0.5) is 0 Å². The first kappa shape index (κ1) is 23.1. The molecule has 6 heteroatoms. The molecule has 0 spiro atoms. The first-order chi connectivity index (χ1) is 15.7. The first-order valence-corrected chi connectivity index (χ1v) is 11.6. The molecule has 0 bridgehead atoms. The second-order valence-electron chi connectivity index (χ2n) is 7.18. The van der Waals surface area contributed by atoms with Gasteiger partial charge in [-0.2, -0.15) is 17.0 Å². The van der Waals surface area contributed by atoms with Crippen molar-refractivity contribution >= 4 is 23.6 Å². The van der Waals surface area contributed by atoms with Gasteiger partial charge in [0, 0.05) is 23.6 Å². The Bertz CT molecular complexity index is 1070. The highest BCUT2D eigenvalue weighted by atomic mass is 32.2. The van der Waals surface area contributed by atoms with Crippen molar-refractivity contribution in [2.75, 3.05) is 12.3 Å². The fraction of sp³-hybridized carbons (Fsp3) is 0.192. The molecule has 2 amide bonds. The van der Waals surface area contributed by atoms with Crippen LogP contribution < -0.4 is 10.6 Å². The lowest BCUT2D eigenvalue weighted by Crippen LogP contribution is -2.34. The van der Waals surface area contributed by atoms with E-state index in [1.54, 1.807) is 23.9 Å². The summed E-state index contributed by atoms with van der Waals surface area (Å²) in [5.41, 5.74) is 3.13. The lowest BCUT2D eigenvalue weighted by Gasteiger charge is -2.19. The molecule has 0 saturated heterocycles. The molecule has 3 aromatic carbocycles. The van der Waals surface area contributed by atoms with Crippen LogP contribution in [-0.2, 0) is 10.5 Å². The van der Waals surface area contributed by atoms with Gasteiger partial charge < -0.3 is 10.6 Å². The minimum Gasteiger partial charge on any atom is -0.355 e. The molecule has 0 aliphatic rings. The standard InChI is InChI=1S/C26H25N3O2S/c27-18-22-13-7-8-14-23(22)19-32-16-15-28-25(30)17-24(20-9-3-1-4-10-20)29-26(31)21-11-5-2-6-12-21/h1-14,24H,15-17,19H2,(H,28,30)(H,29,31). The predicted octanol–water partition coefficient (Wildman–Crippen LogP) is 4.47. The fourth-order valence-electron chi connectivity index (χ4n) is 3.23. The molecule has 5 nitrogen and oxygen atoms in total. The minimum absolute atomic E-state index is 0.120. The van der Waals surface area contributed by atoms with Crippen LogP contribution in [-0.4, -0.2) is 24.1 Å². The predicted molar refractivity (Wildman–Crippen MR) is 128 cm³/mol. The number of carbonyl (C=O) groups is 2. The third kappa shape index (κ3) is 7.00. The van der Waals surface area contributed by atoms with Crippen LogP contribution in [0.15, 0.2) is 84.9 Å². The summed E-state index contributed by atoms with van der Waals surface area (Å²) < 4.78 is 0. The van der Waals surface area contributed by atoms with Gasteiger partial charge in [-0.15, -0.1) is 0 Å². The van der Waals surface area contributed by atoms with E-state index in [0.717, 1.165) is 22.6 Å². The first-order valence-electron chi connectivity index (χ1n) is 10.4. The number of rotatable bonds is 10. The number of thioether (sulfide) groups is 1. The van der Waals surface area contributed by atoms with Crippen LogP contribution in [0.3, 0.4) is 0 Å². The van der Waals surface area contributed by atoms with Crippen molar-refractivity contribution in [1.82, 2.24) is 10.6 Å². The average molecular weight is 444 g/mol. The number of benzene rings is 3. The Kier molecular flexibility index (Phi) is 8.91. The maximum Gasteiger partial charge on any atom is 0.251 e. The Balaban J connectivity index is 1.50. The van der Waals surface area contributed by atoms with Crippen molar-refractivity contribution in [3.05, 3.63) is 107 Å². The largest absolute Gasteiger partial charge is 0.355 e. The SMILES string of the molecule is N#Cc1ccccc1CSCCNC(=O)CC(NC(=O)c1ccccc1)c1ccccc1. The van der Waals surface area contributed by atoms with Crippen LogP contribution in [0.25, 0.3) is 0 Å². The van der Waals surface area contributed by atoms with Crippen molar-refractivity contribution < 1.29 is 9.59 Å². The summed E-state index contributed by atoms with van der Waals surface area (Å²) in [6, 6.07) is 27.8. The number of nitrogens with zero attached hydrogens (tertiary/aromatic N) is 1. The number of nitriles is 1. The van der Waals surface area contributed by atoms with E-state index in [1.165, 1.54) is 0 Å². The van der Waals surface area contributed by atoms with Gasteiger partial charge in [-0.25, -0.2) is 0 Å². The molecule has 0 aromatic heterocycles. The van der Waals surface area contributed by atoms with Gasteiger partial charge in [0.15, 0.2) is 0 Å². The molecule has 3 aromatic rings. The van der Waals surface area contributed by atoms with Crippen LogP contribution >= 0.6 is 11.8 Å². The summed E-state index contributed by atoms with van der Waals surface area (Å²) in [4.78, 5) is 25.2. The molecule has 0 aliphatic heterocycles. The highest BCUT2D eigenvalue weighted by molar-refractivity contribution is 7.98. The number of nitrogens with one attached hydrogen (secondary N) is 2. The molecule has 0 aliphatic carbocycles. The molecule has 0 radical (unpaired) electrons. The summed E-state index contributed by atoms with van der Waals surface area (Å²) in [6.07, 6.45) is 0.157. The highest BCUT2D eigenvalue weighted by Gasteiger charge is 2.19. The van der Waals surface area contributed by atoms with Gasteiger partial charge in [-0.1, -0.05) is 66.7 Å². The van der Waals surface area contributed by atoms with E-state index in [9.17, 15) is 9.59 Å². The number of hydrogen-bond donors (Lipinski definition) is 2. The van der Waals surface area contributed by atoms with E-state index in [0.29, 0.717) is 17.7 Å². The number of carbonyl (C=O) groups excluding carboxylic acids is 2. The molecule has 0 heterocycles. The van der Waals surface area contributed by atoms with Gasteiger partial charge in [0.2, 0.25) is 5.91 Å². The lowest BCUT2D eigenvalue weighted by molar-refractivity contribution is -0.121. The van der Waals surface area contributed by atoms with E-state index in [-0.39, 0.29) is 18.2 Å². The van der Waals surface area contributed by atoms with E-state index in [1.807, 2.05) is 72.8 Å². The minimum atomic E-state index is -0.418. The third-order valence-corrected chi connectivity index (χ3v) is 5.90. The Morgan fingerprint density at radius 1 is 0.906 bits per heavy atom. The normalized spacial score (nSPS) is 11.2. The second kappa shape index (κ2) is 12.3. The quantitative estimate of drug-likeness (QED) is 0.453. The van der Waals surface area contributed by atoms with E-state index < -0.39 is 6.04 Å². The summed E-state index contributed by atoms with van der Waals surface area (Å²) in [7, 11) is 0. The molecule has 0 saturated carbocycles. The maximum atomic E-state index is 12.6. The zero-order valence-electron chi connectivity index (χ0n) is 17.7. The van der Waals surface area contributed by atoms with Gasteiger partial charge in [0.25, 0.3) is 5.91 Å². The van der Waals surface area contributed by atoms with Gasteiger partial charge in [0.05, 0.1) is 24.1 Å². The van der Waals surface area contributed by atoms with Gasteiger partial charge in [-0.05, 0) is 29.3 Å². The molecular weight excluding hydrogens is 418 g/mol. The summed E-state index contributed by atoms with van der Waals surface area (Å²) in [5.74, 6) is 1.13. The molecule has 162 valence electrons. The Morgan fingerprint density at radius 3 is 2.28 bits per heavy atom. The highest BCUT2D eigenvalue weighted by Crippen LogP contribution is 2.18. The summed E-state index contributed by atoms with van der Waals surface area (Å²) in [5, 5.41) is 15.1. The third-order valence-electron chi connectivity index (χ3n) is 4.90. The van der Waals surface area contributed by atoms with Crippen molar-refractivity contribution in [3.8, 4) is 6.07 Å². The maximum absolute atomic E-state index is 12.6. The Morgan fingerprint density at radius 2 is 1.56 bits per heavy atom. The molecule has 2 N–H and O–H groups in total. The van der Waals surface area contributed by atoms with Crippen molar-refractivity contribution in [2.45, 2.75) is 18.2 Å². The molecule has 1 atom stereocenters. The molecule has 3 rings (SSSR count). The van der Waals surface area contributed by atoms with Crippen LogP contribution in [0.2, 0.25) is 0 Å². The van der Waals surface area contributed by atoms with Crippen molar-refractivity contribution in [2.24, 2.45) is 0 Å². The Labute approximate surface area is 192 Å². The lowest BCUT2D eigenvalue weighted by atomic mass is 10.0. The van der Waals surface area contributed by atoms with E-state index in [2.05, 4.69) is 16.7 Å². The van der Waals surface area contributed by atoms with Gasteiger partial charge >= 0.3 is 0 Å². The number of hydrogen-bond acceptors (Lipinski definition) is 4. The molecule has 32 heavy (non-hydrogen) atoms. The summed E-state index contributed by atoms with van der Waals surface area (Å²) >= 11 is 1.67. The van der Waals surface area contributed by atoms with Crippen LogP contribution in [0.1, 0.15) is 39.5 Å². The van der Waals surface area contributed by atoms with Crippen molar-refractivity contribution in [1.29, 1.82) is 5.26 Å². The van der Waals surface area contributed by atoms with Gasteiger partial charge in [-0.3, -0.25) is 9.59 Å². The van der Waals surface area contributed by atoms with Crippen LogP contribution in [0, 0.1) is 11.3 Å². The topological polar surface area (TPSA) is 82.0 Å². The number of amides is 2. The van der Waals surface area contributed by atoms with Crippen LogP contribution in [0.5, 0.6) is 0 Å². The Hall–Kier alpha value is -3.56. The second-order valence-corrected chi connectivity index (χ2v) is 8.28. The smallest absolute Gasteiger partial charge is 0.251 e.